The number of sulfonamides is 1. The molecular weight excluding hydrogens is 307 g/mol. The molecule has 1 amide bonds. The van der Waals surface area contributed by atoms with Gasteiger partial charge < -0.3 is 4.90 Å². The second-order valence-electron chi connectivity index (χ2n) is 5.43. The molecule has 1 aromatic carbocycles. The quantitative estimate of drug-likeness (QED) is 0.895. The number of aryl methyl sites for hydroxylation is 1. The number of carbonyl (C=O) groups excluding carboxylic acids is 1. The van der Waals surface area contributed by atoms with Crippen LogP contribution in [0.2, 0.25) is 0 Å². The Morgan fingerprint density at radius 1 is 1.55 bits per heavy atom. The molecule has 1 fully saturated rings. The first-order valence-electron chi connectivity index (χ1n) is 7.00. The molecule has 0 spiro atoms. The molecule has 1 saturated heterocycles. The van der Waals surface area contributed by atoms with E-state index in [0.717, 1.165) is 11.0 Å². The van der Waals surface area contributed by atoms with Gasteiger partial charge in [-0.1, -0.05) is 12.6 Å². The maximum Gasteiger partial charge on any atom is 0.254 e. The van der Waals surface area contributed by atoms with Crippen molar-refractivity contribution in [1.29, 1.82) is 0 Å². The van der Waals surface area contributed by atoms with Crippen LogP contribution in [0.5, 0.6) is 0 Å². The Balaban J connectivity index is 1.99. The van der Waals surface area contributed by atoms with E-state index in [2.05, 4.69) is 11.3 Å². The highest BCUT2D eigenvalue weighted by Crippen LogP contribution is 2.20. The Morgan fingerprint density at radius 2 is 2.27 bits per heavy atom. The van der Waals surface area contributed by atoms with Gasteiger partial charge in [-0.25, -0.2) is 17.5 Å². The fourth-order valence-corrected chi connectivity index (χ4v) is 3.06. The number of likely N-dealkylation sites (tertiary alicyclic amines) is 1. The molecule has 0 unspecified atom stereocenters. The van der Waals surface area contributed by atoms with Crippen molar-refractivity contribution in [3.8, 4) is 0 Å². The van der Waals surface area contributed by atoms with E-state index in [-0.39, 0.29) is 18.4 Å². The van der Waals surface area contributed by atoms with Crippen molar-refractivity contribution in [2.45, 2.75) is 13.3 Å². The van der Waals surface area contributed by atoms with Crippen molar-refractivity contribution >= 4 is 15.9 Å². The van der Waals surface area contributed by atoms with Crippen LogP contribution in [0.15, 0.2) is 30.2 Å². The molecule has 1 aliphatic heterocycles. The topological polar surface area (TPSA) is 66.5 Å². The van der Waals surface area contributed by atoms with E-state index in [1.165, 1.54) is 12.1 Å². The molecule has 2 rings (SSSR count). The van der Waals surface area contributed by atoms with Gasteiger partial charge in [-0.05, 0) is 37.0 Å². The van der Waals surface area contributed by atoms with Crippen LogP contribution in [0.3, 0.4) is 0 Å². The summed E-state index contributed by atoms with van der Waals surface area (Å²) in [6, 6.07) is 4.14. The van der Waals surface area contributed by atoms with Gasteiger partial charge in [-0.2, -0.15) is 0 Å². The highest BCUT2D eigenvalue weighted by Gasteiger charge is 2.28. The summed E-state index contributed by atoms with van der Waals surface area (Å²) in [5.41, 5.74) is 1.08. The van der Waals surface area contributed by atoms with Gasteiger partial charge in [0.2, 0.25) is 10.0 Å². The van der Waals surface area contributed by atoms with Gasteiger partial charge in [0.15, 0.2) is 0 Å². The standard InChI is InChI=1S/C15H19FN2O3S/c1-3-22(20,21)17-9-12-6-7-18(10-12)15(19)14-8-13(16)5-4-11(14)2/h3-5,8,12,17H,1,6-7,9-10H2,2H3/t12-/m1/s1. The lowest BCUT2D eigenvalue weighted by Crippen LogP contribution is -2.32. The fourth-order valence-electron chi connectivity index (χ4n) is 2.47. The Bertz CT molecular complexity index is 688. The molecule has 0 aliphatic carbocycles. The first-order chi connectivity index (χ1) is 10.3. The lowest BCUT2D eigenvalue weighted by atomic mass is 10.1. The summed E-state index contributed by atoms with van der Waals surface area (Å²) < 4.78 is 38.4. The highest BCUT2D eigenvalue weighted by molar-refractivity contribution is 7.92. The summed E-state index contributed by atoms with van der Waals surface area (Å²) in [7, 11) is -3.45. The van der Waals surface area contributed by atoms with Gasteiger partial charge in [-0.15, -0.1) is 0 Å². The number of hydrogen-bond acceptors (Lipinski definition) is 3. The maximum atomic E-state index is 13.3. The van der Waals surface area contributed by atoms with E-state index >= 15 is 0 Å². The van der Waals surface area contributed by atoms with Crippen molar-refractivity contribution in [3.05, 3.63) is 47.1 Å². The Hall–Kier alpha value is -1.73. The average molecular weight is 326 g/mol. The predicted molar refractivity (Wildman–Crippen MR) is 82.3 cm³/mol. The van der Waals surface area contributed by atoms with Gasteiger partial charge in [-0.3, -0.25) is 4.79 Å². The Kier molecular flexibility index (Phi) is 4.97. The van der Waals surface area contributed by atoms with E-state index in [1.54, 1.807) is 17.9 Å². The van der Waals surface area contributed by atoms with Gasteiger partial charge >= 0.3 is 0 Å². The van der Waals surface area contributed by atoms with E-state index in [4.69, 9.17) is 0 Å². The molecule has 7 heteroatoms. The second-order valence-corrected chi connectivity index (χ2v) is 7.14. The number of hydrogen-bond donors (Lipinski definition) is 1. The first-order valence-corrected chi connectivity index (χ1v) is 8.54. The van der Waals surface area contributed by atoms with Gasteiger partial charge in [0.05, 0.1) is 0 Å². The largest absolute Gasteiger partial charge is 0.338 e. The molecule has 0 radical (unpaired) electrons. The number of nitrogens with one attached hydrogen (secondary N) is 1. The number of halogens is 1. The number of nitrogens with zero attached hydrogens (tertiary/aromatic N) is 1. The van der Waals surface area contributed by atoms with Crippen LogP contribution in [0, 0.1) is 18.7 Å². The zero-order valence-corrected chi connectivity index (χ0v) is 13.2. The van der Waals surface area contributed by atoms with Crippen molar-refractivity contribution in [2.24, 2.45) is 5.92 Å². The van der Waals surface area contributed by atoms with Crippen molar-refractivity contribution < 1.29 is 17.6 Å². The van der Waals surface area contributed by atoms with Crippen LogP contribution in [0.1, 0.15) is 22.3 Å². The summed E-state index contributed by atoms with van der Waals surface area (Å²) >= 11 is 0. The fraction of sp³-hybridized carbons (Fsp3) is 0.400. The molecule has 0 aromatic heterocycles. The summed E-state index contributed by atoms with van der Waals surface area (Å²) in [4.78, 5) is 14.1. The molecule has 1 aromatic rings. The van der Waals surface area contributed by atoms with Gasteiger partial charge in [0.1, 0.15) is 5.82 Å². The van der Waals surface area contributed by atoms with Crippen LogP contribution in [0.4, 0.5) is 4.39 Å². The van der Waals surface area contributed by atoms with E-state index in [9.17, 15) is 17.6 Å². The molecule has 22 heavy (non-hydrogen) atoms. The molecule has 1 N–H and O–H groups in total. The number of benzene rings is 1. The molecular formula is C15H19FN2O3S. The number of amides is 1. The molecule has 0 saturated carbocycles. The third-order valence-electron chi connectivity index (χ3n) is 3.80. The lowest BCUT2D eigenvalue weighted by Gasteiger charge is -2.18. The molecule has 120 valence electrons. The number of carbonyl (C=O) groups is 1. The minimum Gasteiger partial charge on any atom is -0.338 e. The van der Waals surface area contributed by atoms with Crippen LogP contribution >= 0.6 is 0 Å². The zero-order chi connectivity index (χ0) is 16.3. The van der Waals surface area contributed by atoms with Crippen molar-refractivity contribution in [1.82, 2.24) is 9.62 Å². The predicted octanol–water partition coefficient (Wildman–Crippen LogP) is 1.66. The van der Waals surface area contributed by atoms with Crippen LogP contribution < -0.4 is 4.72 Å². The number of rotatable bonds is 5. The van der Waals surface area contributed by atoms with Crippen LogP contribution in [0.25, 0.3) is 0 Å². The minimum atomic E-state index is -3.45. The molecule has 1 aliphatic rings. The molecule has 5 nitrogen and oxygen atoms in total. The SMILES string of the molecule is C=CS(=O)(=O)NC[C@H]1CCN(C(=O)c2cc(F)ccc2C)C1. The Labute approximate surface area is 129 Å². The lowest BCUT2D eigenvalue weighted by molar-refractivity contribution is 0.0786. The second kappa shape index (κ2) is 6.58. The smallest absolute Gasteiger partial charge is 0.254 e. The van der Waals surface area contributed by atoms with Crippen LogP contribution in [-0.2, 0) is 10.0 Å². The first kappa shape index (κ1) is 16.6. The monoisotopic (exact) mass is 326 g/mol. The van der Waals surface area contributed by atoms with E-state index in [1.807, 2.05) is 0 Å². The van der Waals surface area contributed by atoms with Gasteiger partial charge in [0, 0.05) is 30.6 Å². The third-order valence-corrected chi connectivity index (χ3v) is 4.80. The molecule has 1 heterocycles. The van der Waals surface area contributed by atoms with Crippen LogP contribution in [-0.4, -0.2) is 38.9 Å². The van der Waals surface area contributed by atoms with Crippen molar-refractivity contribution in [2.75, 3.05) is 19.6 Å². The zero-order valence-electron chi connectivity index (χ0n) is 12.4. The molecule has 0 bridgehead atoms. The van der Waals surface area contributed by atoms with E-state index in [0.29, 0.717) is 25.1 Å². The highest BCUT2D eigenvalue weighted by atomic mass is 32.2. The minimum absolute atomic E-state index is 0.0486. The average Bonchev–Trinajstić information content (AvgIpc) is 2.96. The summed E-state index contributed by atoms with van der Waals surface area (Å²) in [6.07, 6.45) is 0.708. The van der Waals surface area contributed by atoms with Crippen molar-refractivity contribution in [3.63, 3.8) is 0 Å². The molecule has 1 atom stereocenters. The summed E-state index contributed by atoms with van der Waals surface area (Å²) in [5, 5.41) is 0.862. The van der Waals surface area contributed by atoms with E-state index < -0.39 is 15.8 Å². The third kappa shape index (κ3) is 3.92. The van der Waals surface area contributed by atoms with Gasteiger partial charge in [0.25, 0.3) is 5.91 Å². The normalized spacial score (nSPS) is 18.5. The maximum absolute atomic E-state index is 13.3. The Morgan fingerprint density at radius 3 is 2.95 bits per heavy atom. The summed E-state index contributed by atoms with van der Waals surface area (Å²) in [5.74, 6) is -0.609. The summed E-state index contributed by atoms with van der Waals surface area (Å²) in [6.45, 7) is 6.24.